The predicted molar refractivity (Wildman–Crippen MR) is 144 cm³/mol. The summed E-state index contributed by atoms with van der Waals surface area (Å²) in [6.45, 7) is 0.0547. The Balaban J connectivity index is 1.58. The quantitative estimate of drug-likeness (QED) is 0.106. The van der Waals surface area contributed by atoms with Gasteiger partial charge in [0.1, 0.15) is 11.5 Å². The number of fused-ring (bicyclic) bond motifs is 1. The summed E-state index contributed by atoms with van der Waals surface area (Å²) in [5, 5.41) is 34.6. The number of aromatic nitrogens is 1. The fourth-order valence-corrected chi connectivity index (χ4v) is 4.89. The highest BCUT2D eigenvalue weighted by Gasteiger charge is 2.46. The van der Waals surface area contributed by atoms with Gasteiger partial charge in [0.25, 0.3) is 23.1 Å². The smallest absolute Gasteiger partial charge is 0.295 e. The van der Waals surface area contributed by atoms with Crippen molar-refractivity contribution in [1.29, 1.82) is 0 Å². The van der Waals surface area contributed by atoms with E-state index in [4.69, 9.17) is 4.74 Å². The molecule has 0 spiro atoms. The van der Waals surface area contributed by atoms with Crippen LogP contribution in [-0.2, 0) is 16.0 Å². The van der Waals surface area contributed by atoms with Gasteiger partial charge in [-0.05, 0) is 47.9 Å². The lowest BCUT2D eigenvalue weighted by Gasteiger charge is -2.25. The second-order valence-corrected chi connectivity index (χ2v) is 9.12. The van der Waals surface area contributed by atoms with E-state index in [1.165, 1.54) is 53.4 Å². The second-order valence-electron chi connectivity index (χ2n) is 9.12. The normalized spacial score (nSPS) is 16.4. The summed E-state index contributed by atoms with van der Waals surface area (Å²) in [5.41, 5.74) is 1.32. The lowest BCUT2D eigenvalue weighted by atomic mass is 9.94. The Kier molecular flexibility index (Phi) is 6.74. The van der Waals surface area contributed by atoms with Crippen LogP contribution in [0.1, 0.15) is 22.7 Å². The first-order valence-corrected chi connectivity index (χ1v) is 12.1. The minimum atomic E-state index is -1.13. The number of Topliss-reactive ketones (excluding diaryl/α,β-unsaturated/α-hetero) is 1. The Morgan fingerprint density at radius 3 is 2.40 bits per heavy atom. The number of nitro benzene ring substituents is 2. The average molecular weight is 543 g/mol. The number of aromatic amines is 1. The van der Waals surface area contributed by atoms with E-state index in [0.717, 1.165) is 16.5 Å². The standard InChI is InChI=1S/C28H22N4O8/c1-40-21-9-10-23-22(14-21)18(15-29-23)11-12-30-25(17-3-2-4-20(13-17)32(38)39)24(27(34)28(30)35)26(33)16-5-7-19(8-6-16)31(36)37/h2-10,13-15,25,29,33H,11-12H2,1H3/t25-/m1/s1. The van der Waals surface area contributed by atoms with E-state index >= 15 is 0 Å². The highest BCUT2D eigenvalue weighted by Crippen LogP contribution is 2.40. The number of carbonyl (C=O) groups excluding carboxylic acids is 2. The van der Waals surface area contributed by atoms with Crippen LogP contribution < -0.4 is 4.74 Å². The van der Waals surface area contributed by atoms with Gasteiger partial charge in [0.15, 0.2) is 0 Å². The molecule has 1 aliphatic rings. The molecule has 0 bridgehead atoms. The van der Waals surface area contributed by atoms with Gasteiger partial charge in [-0.25, -0.2) is 0 Å². The van der Waals surface area contributed by atoms with Crippen LogP contribution in [0.5, 0.6) is 5.75 Å². The molecule has 1 aromatic heterocycles. The largest absolute Gasteiger partial charge is 0.507 e. The van der Waals surface area contributed by atoms with Crippen molar-refractivity contribution in [2.75, 3.05) is 13.7 Å². The van der Waals surface area contributed by atoms with Crippen molar-refractivity contribution in [3.8, 4) is 5.75 Å². The van der Waals surface area contributed by atoms with E-state index in [1.807, 2.05) is 18.2 Å². The van der Waals surface area contributed by atoms with Gasteiger partial charge < -0.3 is 19.7 Å². The number of likely N-dealkylation sites (tertiary alicyclic amines) is 1. The van der Waals surface area contributed by atoms with E-state index in [-0.39, 0.29) is 34.6 Å². The molecule has 0 radical (unpaired) electrons. The summed E-state index contributed by atoms with van der Waals surface area (Å²) in [6.07, 6.45) is 2.11. The number of ether oxygens (including phenoxy) is 1. The van der Waals surface area contributed by atoms with Gasteiger partial charge in [-0.3, -0.25) is 29.8 Å². The van der Waals surface area contributed by atoms with Gasteiger partial charge in [-0.15, -0.1) is 0 Å². The molecule has 0 unspecified atom stereocenters. The third-order valence-electron chi connectivity index (χ3n) is 6.88. The number of nitro groups is 2. The number of nitrogens with zero attached hydrogens (tertiary/aromatic N) is 3. The number of aliphatic hydroxyl groups excluding tert-OH is 1. The van der Waals surface area contributed by atoms with Crippen LogP contribution in [0.15, 0.2) is 78.5 Å². The van der Waals surface area contributed by atoms with Crippen molar-refractivity contribution in [3.63, 3.8) is 0 Å². The molecule has 0 saturated carbocycles. The minimum Gasteiger partial charge on any atom is -0.507 e. The van der Waals surface area contributed by atoms with Gasteiger partial charge in [-0.1, -0.05) is 12.1 Å². The lowest BCUT2D eigenvalue weighted by Crippen LogP contribution is -2.31. The fraction of sp³-hybridized carbons (Fsp3) is 0.143. The Bertz CT molecular complexity index is 1710. The van der Waals surface area contributed by atoms with Crippen LogP contribution in [0.2, 0.25) is 0 Å². The summed E-state index contributed by atoms with van der Waals surface area (Å²) in [6, 6.07) is 14.8. The molecule has 1 atom stereocenters. The van der Waals surface area contributed by atoms with E-state index < -0.39 is 33.3 Å². The molecule has 40 heavy (non-hydrogen) atoms. The summed E-state index contributed by atoms with van der Waals surface area (Å²) in [5.74, 6) is -1.73. The van der Waals surface area contributed by atoms with Gasteiger partial charge in [0.2, 0.25) is 0 Å². The Morgan fingerprint density at radius 1 is 1.00 bits per heavy atom. The van der Waals surface area contributed by atoms with Crippen molar-refractivity contribution in [3.05, 3.63) is 115 Å². The van der Waals surface area contributed by atoms with Crippen LogP contribution in [0.4, 0.5) is 11.4 Å². The Morgan fingerprint density at radius 2 is 1.73 bits per heavy atom. The van der Waals surface area contributed by atoms with E-state index in [2.05, 4.69) is 4.98 Å². The zero-order chi connectivity index (χ0) is 28.6. The summed E-state index contributed by atoms with van der Waals surface area (Å²) in [7, 11) is 1.55. The van der Waals surface area contributed by atoms with Crippen molar-refractivity contribution in [2.24, 2.45) is 0 Å². The number of benzene rings is 3. The summed E-state index contributed by atoms with van der Waals surface area (Å²) >= 11 is 0. The van der Waals surface area contributed by atoms with Crippen molar-refractivity contribution < 1.29 is 29.3 Å². The van der Waals surface area contributed by atoms with E-state index in [1.54, 1.807) is 13.3 Å². The second kappa shape index (κ2) is 10.3. The molecule has 12 nitrogen and oxygen atoms in total. The zero-order valence-electron chi connectivity index (χ0n) is 21.1. The third-order valence-corrected chi connectivity index (χ3v) is 6.88. The molecular weight excluding hydrogens is 520 g/mol. The Hall–Kier alpha value is -5.52. The van der Waals surface area contributed by atoms with Crippen LogP contribution in [0.25, 0.3) is 16.7 Å². The van der Waals surface area contributed by atoms with Crippen molar-refractivity contribution in [1.82, 2.24) is 9.88 Å². The molecule has 4 aromatic rings. The number of aliphatic hydroxyl groups is 1. The number of non-ortho nitro benzene ring substituents is 2. The minimum absolute atomic E-state index is 0.0547. The Labute approximate surface area is 226 Å². The van der Waals surface area contributed by atoms with Crippen molar-refractivity contribution in [2.45, 2.75) is 12.5 Å². The van der Waals surface area contributed by atoms with Crippen LogP contribution in [0.3, 0.4) is 0 Å². The van der Waals surface area contributed by atoms with E-state index in [9.17, 15) is 34.9 Å². The molecule has 12 heteroatoms. The maximum Gasteiger partial charge on any atom is 0.295 e. The molecule has 1 saturated heterocycles. The van der Waals surface area contributed by atoms with Gasteiger partial charge in [0.05, 0.1) is 28.6 Å². The molecule has 2 heterocycles. The number of methoxy groups -OCH3 is 1. The van der Waals surface area contributed by atoms with Crippen LogP contribution in [-0.4, -0.2) is 50.2 Å². The monoisotopic (exact) mass is 542 g/mol. The third kappa shape index (κ3) is 4.62. The summed E-state index contributed by atoms with van der Waals surface area (Å²) in [4.78, 5) is 52.4. The lowest BCUT2D eigenvalue weighted by molar-refractivity contribution is -0.385. The van der Waals surface area contributed by atoms with Crippen LogP contribution in [0, 0.1) is 20.2 Å². The average Bonchev–Trinajstić information content (AvgIpc) is 3.48. The van der Waals surface area contributed by atoms with Gasteiger partial charge >= 0.3 is 0 Å². The summed E-state index contributed by atoms with van der Waals surface area (Å²) < 4.78 is 5.31. The number of hydrogen-bond donors (Lipinski definition) is 2. The van der Waals surface area contributed by atoms with Crippen LogP contribution >= 0.6 is 0 Å². The number of carbonyl (C=O) groups is 2. The topological polar surface area (TPSA) is 169 Å². The number of rotatable bonds is 8. The zero-order valence-corrected chi connectivity index (χ0v) is 21.1. The molecule has 1 aliphatic heterocycles. The van der Waals surface area contributed by atoms with Crippen molar-refractivity contribution >= 4 is 39.7 Å². The fourth-order valence-electron chi connectivity index (χ4n) is 4.89. The highest BCUT2D eigenvalue weighted by atomic mass is 16.6. The molecule has 3 aromatic carbocycles. The molecule has 2 N–H and O–H groups in total. The molecule has 1 amide bonds. The van der Waals surface area contributed by atoms with Gasteiger partial charge in [-0.2, -0.15) is 0 Å². The van der Waals surface area contributed by atoms with Gasteiger partial charge in [0, 0.05) is 53.5 Å². The number of ketones is 1. The molecular formula is C28H22N4O8. The SMILES string of the molecule is COc1ccc2[nH]cc(CCN3C(=O)C(=O)C(=C(O)c4ccc([N+](=O)[O-])cc4)[C@H]3c3cccc([N+](=O)[O-])c3)c2c1. The first kappa shape index (κ1) is 26.1. The first-order valence-electron chi connectivity index (χ1n) is 12.1. The maximum absolute atomic E-state index is 13.3. The highest BCUT2D eigenvalue weighted by molar-refractivity contribution is 6.46. The molecule has 1 fully saturated rings. The molecule has 202 valence electrons. The predicted octanol–water partition coefficient (Wildman–Crippen LogP) is 4.66. The number of nitrogens with one attached hydrogen (secondary N) is 1. The molecule has 0 aliphatic carbocycles. The number of amides is 1. The maximum atomic E-state index is 13.3. The number of hydrogen-bond acceptors (Lipinski definition) is 8. The van der Waals surface area contributed by atoms with E-state index in [0.29, 0.717) is 12.2 Å². The molecule has 5 rings (SSSR count). The number of H-pyrrole nitrogens is 1. The first-order chi connectivity index (χ1) is 19.2.